The zero-order chi connectivity index (χ0) is 20.7. The highest BCUT2D eigenvalue weighted by Crippen LogP contribution is 2.46. The van der Waals surface area contributed by atoms with E-state index in [1.54, 1.807) is 0 Å². The number of nitriles is 1. The average molecular weight is 386 g/mol. The van der Waals surface area contributed by atoms with E-state index in [0.29, 0.717) is 11.8 Å². The van der Waals surface area contributed by atoms with Gasteiger partial charge in [0.2, 0.25) is 0 Å². The van der Waals surface area contributed by atoms with Crippen LogP contribution in [0.15, 0.2) is 24.3 Å². The van der Waals surface area contributed by atoms with Gasteiger partial charge in [0.15, 0.2) is 0 Å². The Labute approximate surface area is 171 Å². The van der Waals surface area contributed by atoms with E-state index in [4.69, 9.17) is 0 Å². The molecule has 3 unspecified atom stereocenters. The van der Waals surface area contributed by atoms with Crippen LogP contribution < -0.4 is 0 Å². The van der Waals surface area contributed by atoms with Crippen molar-refractivity contribution in [2.24, 2.45) is 17.3 Å². The second-order valence-electron chi connectivity index (χ2n) is 9.86. The van der Waals surface area contributed by atoms with Gasteiger partial charge in [-0.3, -0.25) is 0 Å². The maximum atomic E-state index is 10.6. The molecule has 3 nitrogen and oxygen atoms in total. The number of aliphatic hydroxyl groups excluding tert-OH is 2. The number of hydrogen-bond donors (Lipinski definition) is 2. The van der Waals surface area contributed by atoms with Crippen LogP contribution in [0.4, 0.5) is 0 Å². The van der Waals surface area contributed by atoms with Crippen LogP contribution in [-0.4, -0.2) is 16.3 Å². The van der Waals surface area contributed by atoms with Crippen LogP contribution >= 0.6 is 0 Å². The Morgan fingerprint density at radius 2 is 1.82 bits per heavy atom. The molecular weight excluding hydrogens is 346 g/mol. The molecule has 0 bridgehead atoms. The first-order valence-electron chi connectivity index (χ1n) is 11.1. The monoisotopic (exact) mass is 385 g/mol. The predicted molar refractivity (Wildman–Crippen MR) is 115 cm³/mol. The summed E-state index contributed by atoms with van der Waals surface area (Å²) in [6.45, 7) is 8.87. The third-order valence-electron chi connectivity index (χ3n) is 6.31. The van der Waals surface area contributed by atoms with Crippen LogP contribution in [0.1, 0.15) is 102 Å². The summed E-state index contributed by atoms with van der Waals surface area (Å²) in [5.74, 6) is 0.210. The van der Waals surface area contributed by atoms with Crippen molar-refractivity contribution in [3.63, 3.8) is 0 Å². The first kappa shape index (κ1) is 22.9. The molecule has 0 radical (unpaired) electrons. The van der Waals surface area contributed by atoms with Crippen LogP contribution in [0.5, 0.6) is 0 Å². The lowest BCUT2D eigenvalue weighted by Gasteiger charge is -2.24. The summed E-state index contributed by atoms with van der Waals surface area (Å²) < 4.78 is 0. The van der Waals surface area contributed by atoms with Gasteiger partial charge in [-0.25, -0.2) is 0 Å². The molecule has 1 fully saturated rings. The summed E-state index contributed by atoms with van der Waals surface area (Å²) in [7, 11) is 0. The van der Waals surface area contributed by atoms with Crippen molar-refractivity contribution in [3.8, 4) is 6.07 Å². The maximum Gasteiger partial charge on any atom is 0.0790 e. The van der Waals surface area contributed by atoms with Crippen LogP contribution in [0.3, 0.4) is 0 Å². The van der Waals surface area contributed by atoms with Gasteiger partial charge in [0.05, 0.1) is 24.2 Å². The molecule has 2 N–H and O–H groups in total. The summed E-state index contributed by atoms with van der Waals surface area (Å²) in [6.07, 6.45) is 7.06. The van der Waals surface area contributed by atoms with Gasteiger partial charge in [0.25, 0.3) is 0 Å². The fourth-order valence-corrected chi connectivity index (χ4v) is 4.68. The summed E-state index contributed by atoms with van der Waals surface area (Å²) in [6, 6.07) is 10.6. The van der Waals surface area contributed by atoms with Gasteiger partial charge in [-0.2, -0.15) is 5.26 Å². The fraction of sp³-hybridized carbons (Fsp3) is 0.720. The van der Waals surface area contributed by atoms with E-state index in [0.717, 1.165) is 43.2 Å². The maximum absolute atomic E-state index is 10.6. The van der Waals surface area contributed by atoms with Crippen molar-refractivity contribution < 1.29 is 10.2 Å². The van der Waals surface area contributed by atoms with Gasteiger partial charge in [0, 0.05) is 5.92 Å². The first-order valence-corrected chi connectivity index (χ1v) is 11.1. The quantitative estimate of drug-likeness (QED) is 0.503. The summed E-state index contributed by atoms with van der Waals surface area (Å²) in [4.78, 5) is 0. The molecule has 5 atom stereocenters. The molecule has 0 heterocycles. The van der Waals surface area contributed by atoms with Crippen molar-refractivity contribution in [1.29, 1.82) is 5.26 Å². The number of aliphatic hydroxyl groups is 2. The van der Waals surface area contributed by atoms with Crippen molar-refractivity contribution in [3.05, 3.63) is 35.4 Å². The molecule has 28 heavy (non-hydrogen) atoms. The van der Waals surface area contributed by atoms with Gasteiger partial charge in [-0.15, -0.1) is 0 Å². The molecule has 1 aliphatic rings. The second-order valence-corrected chi connectivity index (χ2v) is 9.86. The minimum Gasteiger partial charge on any atom is -0.392 e. The highest BCUT2D eigenvalue weighted by molar-refractivity contribution is 5.30. The molecule has 0 amide bonds. The van der Waals surface area contributed by atoms with Crippen LogP contribution in [0.25, 0.3) is 0 Å². The average Bonchev–Trinajstić information content (AvgIpc) is 2.96. The van der Waals surface area contributed by atoms with Gasteiger partial charge in [-0.1, -0.05) is 77.6 Å². The standard InChI is InChI=1S/C25H39NO2/c1-5-6-7-9-21-20(17-26)16-23(28)24(21)19-13-11-18(12-14-19)22(27)10-8-15-25(2,3)4/h11-14,20-24,27-28H,5-10,15-16H2,1-4H3/t20-,21?,22?,23+,24?/m0/s1. The van der Waals surface area contributed by atoms with E-state index in [-0.39, 0.29) is 17.8 Å². The molecule has 1 aliphatic carbocycles. The Morgan fingerprint density at radius 1 is 1.14 bits per heavy atom. The Balaban J connectivity index is 2.04. The number of rotatable bonds is 9. The molecule has 1 aromatic carbocycles. The fourth-order valence-electron chi connectivity index (χ4n) is 4.68. The lowest BCUT2D eigenvalue weighted by molar-refractivity contribution is 0.152. The van der Waals surface area contributed by atoms with Gasteiger partial charge >= 0.3 is 0 Å². The molecule has 2 rings (SSSR count). The normalized spacial score (nSPS) is 26.2. The summed E-state index contributed by atoms with van der Waals surface area (Å²) in [5, 5.41) is 30.7. The van der Waals surface area contributed by atoms with E-state index in [1.165, 1.54) is 12.8 Å². The molecule has 3 heteroatoms. The van der Waals surface area contributed by atoms with Gasteiger partial charge in [-0.05, 0) is 48.1 Å². The third kappa shape index (κ3) is 6.33. The summed E-state index contributed by atoms with van der Waals surface area (Å²) >= 11 is 0. The number of unbranched alkanes of at least 4 members (excludes halogenated alkanes) is 2. The zero-order valence-corrected chi connectivity index (χ0v) is 18.2. The second kappa shape index (κ2) is 10.4. The largest absolute Gasteiger partial charge is 0.392 e. The smallest absolute Gasteiger partial charge is 0.0790 e. The van der Waals surface area contributed by atoms with E-state index in [2.05, 4.69) is 45.9 Å². The Morgan fingerprint density at radius 3 is 2.39 bits per heavy atom. The highest BCUT2D eigenvalue weighted by Gasteiger charge is 2.42. The van der Waals surface area contributed by atoms with E-state index in [1.807, 2.05) is 12.1 Å². The number of hydrogen-bond acceptors (Lipinski definition) is 3. The van der Waals surface area contributed by atoms with E-state index in [9.17, 15) is 15.5 Å². The topological polar surface area (TPSA) is 64.2 Å². The molecule has 0 saturated heterocycles. The Kier molecular flexibility index (Phi) is 8.53. The van der Waals surface area contributed by atoms with Crippen molar-refractivity contribution in [2.45, 2.75) is 97.2 Å². The van der Waals surface area contributed by atoms with Crippen LogP contribution in [-0.2, 0) is 0 Å². The van der Waals surface area contributed by atoms with Crippen molar-refractivity contribution in [1.82, 2.24) is 0 Å². The van der Waals surface area contributed by atoms with Gasteiger partial charge < -0.3 is 10.2 Å². The molecular formula is C25H39NO2. The van der Waals surface area contributed by atoms with Crippen molar-refractivity contribution >= 4 is 0 Å². The van der Waals surface area contributed by atoms with E-state index >= 15 is 0 Å². The Bertz CT molecular complexity index is 625. The SMILES string of the molecule is CCCCCC1C(c2ccc(C(O)CCCC(C)(C)C)cc2)[C@H](O)C[C@H]1C#N. The number of nitrogens with zero attached hydrogens (tertiary/aromatic N) is 1. The predicted octanol–water partition coefficient (Wildman–Crippen LogP) is 6.12. The third-order valence-corrected chi connectivity index (χ3v) is 6.31. The first-order chi connectivity index (χ1) is 13.3. The lowest BCUT2D eigenvalue weighted by Crippen LogP contribution is -2.18. The highest BCUT2D eigenvalue weighted by atomic mass is 16.3. The van der Waals surface area contributed by atoms with Gasteiger partial charge in [0.1, 0.15) is 0 Å². The molecule has 1 saturated carbocycles. The van der Waals surface area contributed by atoms with Crippen LogP contribution in [0.2, 0.25) is 0 Å². The zero-order valence-electron chi connectivity index (χ0n) is 18.2. The molecule has 1 aromatic rings. The Hall–Kier alpha value is -1.37. The molecule has 0 aliphatic heterocycles. The van der Waals surface area contributed by atoms with Crippen LogP contribution in [0, 0.1) is 28.6 Å². The lowest BCUT2D eigenvalue weighted by atomic mass is 9.81. The molecule has 0 spiro atoms. The minimum absolute atomic E-state index is 0.0357. The summed E-state index contributed by atoms with van der Waals surface area (Å²) in [5.41, 5.74) is 2.36. The van der Waals surface area contributed by atoms with Crippen molar-refractivity contribution in [2.75, 3.05) is 0 Å². The van der Waals surface area contributed by atoms with E-state index < -0.39 is 12.2 Å². The molecule has 0 aromatic heterocycles. The minimum atomic E-state index is -0.446. The molecule has 156 valence electrons. The number of benzene rings is 1.